The first-order chi connectivity index (χ1) is 8.96. The number of piperidine rings is 1. The Morgan fingerprint density at radius 2 is 2.32 bits per heavy atom. The highest BCUT2D eigenvalue weighted by Gasteiger charge is 2.34. The Labute approximate surface area is 112 Å². The van der Waals surface area contributed by atoms with Gasteiger partial charge in [0.2, 0.25) is 10.0 Å². The third-order valence-corrected chi connectivity index (χ3v) is 5.21. The molecule has 0 radical (unpaired) electrons. The molecule has 102 valence electrons. The summed E-state index contributed by atoms with van der Waals surface area (Å²) < 4.78 is 26.3. The zero-order chi connectivity index (χ0) is 14.0. The summed E-state index contributed by atoms with van der Waals surface area (Å²) in [7, 11) is -3.72. The molecule has 1 aromatic rings. The summed E-state index contributed by atoms with van der Waals surface area (Å²) >= 11 is 0. The number of hydrogen-bond donors (Lipinski definition) is 1. The lowest BCUT2D eigenvalue weighted by Crippen LogP contribution is -2.45. The van der Waals surface area contributed by atoms with Gasteiger partial charge in [0.15, 0.2) is 5.69 Å². The molecule has 1 saturated heterocycles. The Hall–Kier alpha value is -1.49. The maximum atomic E-state index is 12.5. The number of aliphatic hydroxyl groups excluding tert-OH is 1. The molecule has 1 aromatic heterocycles. The Bertz CT molecular complexity index is 609. The molecule has 1 aliphatic heterocycles. The van der Waals surface area contributed by atoms with Crippen molar-refractivity contribution in [1.29, 1.82) is 5.26 Å². The summed E-state index contributed by atoms with van der Waals surface area (Å²) in [6, 6.07) is 4.68. The van der Waals surface area contributed by atoms with Crippen molar-refractivity contribution >= 4 is 10.0 Å². The van der Waals surface area contributed by atoms with E-state index in [4.69, 9.17) is 5.26 Å². The number of rotatable bonds is 2. The SMILES string of the molecule is CC1CN(S(=O)(=O)c2cccnc2C#N)CCC1O. The van der Waals surface area contributed by atoms with Gasteiger partial charge < -0.3 is 5.11 Å². The molecule has 0 aliphatic carbocycles. The number of aromatic nitrogens is 1. The van der Waals surface area contributed by atoms with Crippen LogP contribution in [-0.2, 0) is 10.0 Å². The van der Waals surface area contributed by atoms with E-state index in [1.54, 1.807) is 13.0 Å². The molecular formula is C12H15N3O3S. The van der Waals surface area contributed by atoms with Crippen molar-refractivity contribution < 1.29 is 13.5 Å². The van der Waals surface area contributed by atoms with Crippen LogP contribution in [0.3, 0.4) is 0 Å². The molecule has 1 N–H and O–H groups in total. The van der Waals surface area contributed by atoms with Gasteiger partial charge in [-0.3, -0.25) is 0 Å². The normalized spacial score (nSPS) is 24.9. The number of pyridine rings is 1. The van der Waals surface area contributed by atoms with E-state index in [0.29, 0.717) is 6.42 Å². The number of nitrogens with zero attached hydrogens (tertiary/aromatic N) is 3. The first kappa shape index (κ1) is 13.9. The van der Waals surface area contributed by atoms with Gasteiger partial charge in [0.1, 0.15) is 11.0 Å². The summed E-state index contributed by atoms with van der Waals surface area (Å²) in [5.41, 5.74) is -0.0960. The first-order valence-electron chi connectivity index (χ1n) is 6.00. The zero-order valence-corrected chi connectivity index (χ0v) is 11.3. The Morgan fingerprint density at radius 1 is 1.58 bits per heavy atom. The average Bonchev–Trinajstić information content (AvgIpc) is 2.41. The van der Waals surface area contributed by atoms with Gasteiger partial charge in [-0.2, -0.15) is 9.57 Å². The minimum absolute atomic E-state index is 0.0684. The Morgan fingerprint density at radius 3 is 2.95 bits per heavy atom. The van der Waals surface area contributed by atoms with Crippen molar-refractivity contribution in [2.24, 2.45) is 5.92 Å². The predicted molar refractivity (Wildman–Crippen MR) is 67.5 cm³/mol. The summed E-state index contributed by atoms with van der Waals surface area (Å²) in [5.74, 6) is -0.120. The number of sulfonamides is 1. The first-order valence-corrected chi connectivity index (χ1v) is 7.44. The molecule has 2 atom stereocenters. The number of nitriles is 1. The topological polar surface area (TPSA) is 94.3 Å². The molecule has 2 unspecified atom stereocenters. The highest BCUT2D eigenvalue weighted by atomic mass is 32.2. The third kappa shape index (κ3) is 2.61. The summed E-state index contributed by atoms with van der Waals surface area (Å²) in [5, 5.41) is 18.6. The van der Waals surface area contributed by atoms with Crippen molar-refractivity contribution in [3.63, 3.8) is 0 Å². The molecule has 0 spiro atoms. The van der Waals surface area contributed by atoms with E-state index in [2.05, 4.69) is 4.98 Å². The molecule has 0 amide bonds. The zero-order valence-electron chi connectivity index (χ0n) is 10.5. The van der Waals surface area contributed by atoms with Crippen LogP contribution in [-0.4, -0.2) is 42.0 Å². The second-order valence-corrected chi connectivity index (χ2v) is 6.56. The molecule has 0 aromatic carbocycles. The summed E-state index contributed by atoms with van der Waals surface area (Å²) in [4.78, 5) is 3.71. The van der Waals surface area contributed by atoms with Gasteiger partial charge in [-0.1, -0.05) is 6.92 Å². The molecule has 2 heterocycles. The van der Waals surface area contributed by atoms with Crippen LogP contribution < -0.4 is 0 Å². The monoisotopic (exact) mass is 281 g/mol. The van der Waals surface area contributed by atoms with Gasteiger partial charge in [0.25, 0.3) is 0 Å². The quantitative estimate of drug-likeness (QED) is 0.843. The van der Waals surface area contributed by atoms with Crippen molar-refractivity contribution in [3.8, 4) is 6.07 Å². The standard InChI is InChI=1S/C12H15N3O3S/c1-9-8-15(6-4-11(9)16)19(17,18)12-3-2-5-14-10(12)7-13/h2-3,5,9,11,16H,4,6,8H2,1H3. The number of hydrogen-bond acceptors (Lipinski definition) is 5. The second kappa shape index (κ2) is 5.25. The lowest BCUT2D eigenvalue weighted by Gasteiger charge is -2.33. The smallest absolute Gasteiger partial charge is 0.245 e. The van der Waals surface area contributed by atoms with E-state index >= 15 is 0 Å². The van der Waals surface area contributed by atoms with Crippen LogP contribution in [0, 0.1) is 17.2 Å². The molecular weight excluding hydrogens is 266 g/mol. The van der Waals surface area contributed by atoms with E-state index in [0.717, 1.165) is 0 Å². The fourth-order valence-electron chi connectivity index (χ4n) is 2.14. The van der Waals surface area contributed by atoms with Crippen LogP contribution in [0.25, 0.3) is 0 Å². The minimum Gasteiger partial charge on any atom is -0.393 e. The molecule has 0 bridgehead atoms. The maximum absolute atomic E-state index is 12.5. The highest BCUT2D eigenvalue weighted by molar-refractivity contribution is 7.89. The molecule has 1 fully saturated rings. The van der Waals surface area contributed by atoms with Gasteiger partial charge in [-0.25, -0.2) is 13.4 Å². The average molecular weight is 281 g/mol. The molecule has 19 heavy (non-hydrogen) atoms. The van der Waals surface area contributed by atoms with E-state index in [9.17, 15) is 13.5 Å². The largest absolute Gasteiger partial charge is 0.393 e. The molecule has 7 heteroatoms. The van der Waals surface area contributed by atoms with Gasteiger partial charge in [-0.05, 0) is 24.5 Å². The lowest BCUT2D eigenvalue weighted by molar-refractivity contribution is 0.0628. The number of aliphatic hydroxyl groups is 1. The van der Waals surface area contributed by atoms with Crippen LogP contribution >= 0.6 is 0 Å². The molecule has 6 nitrogen and oxygen atoms in total. The molecule has 2 rings (SSSR count). The predicted octanol–water partition coefficient (Wildman–Crippen LogP) is 0.345. The highest BCUT2D eigenvalue weighted by Crippen LogP contribution is 2.24. The van der Waals surface area contributed by atoms with Gasteiger partial charge in [0, 0.05) is 19.3 Å². The van der Waals surface area contributed by atoms with Gasteiger partial charge in [0.05, 0.1) is 6.10 Å². The van der Waals surface area contributed by atoms with Gasteiger partial charge >= 0.3 is 0 Å². The van der Waals surface area contributed by atoms with E-state index < -0.39 is 16.1 Å². The summed E-state index contributed by atoms with van der Waals surface area (Å²) in [6.45, 7) is 2.32. The summed E-state index contributed by atoms with van der Waals surface area (Å²) in [6.07, 6.45) is 1.32. The second-order valence-electron chi connectivity index (χ2n) is 4.66. The van der Waals surface area contributed by atoms with Crippen molar-refractivity contribution in [3.05, 3.63) is 24.0 Å². The lowest BCUT2D eigenvalue weighted by atomic mass is 9.99. The molecule has 1 aliphatic rings. The molecule has 0 saturated carbocycles. The van der Waals surface area contributed by atoms with Crippen LogP contribution in [0.2, 0.25) is 0 Å². The maximum Gasteiger partial charge on any atom is 0.245 e. The third-order valence-electron chi connectivity index (χ3n) is 3.32. The van der Waals surface area contributed by atoms with E-state index in [1.807, 2.05) is 0 Å². The van der Waals surface area contributed by atoms with Crippen molar-refractivity contribution in [1.82, 2.24) is 9.29 Å². The van der Waals surface area contributed by atoms with Crippen molar-refractivity contribution in [2.45, 2.75) is 24.3 Å². The van der Waals surface area contributed by atoms with E-state index in [1.165, 1.54) is 22.6 Å². The van der Waals surface area contributed by atoms with Crippen molar-refractivity contribution in [2.75, 3.05) is 13.1 Å². The van der Waals surface area contributed by atoms with Gasteiger partial charge in [-0.15, -0.1) is 0 Å². The van der Waals surface area contributed by atoms with Crippen LogP contribution in [0.5, 0.6) is 0 Å². The minimum atomic E-state index is -3.72. The fraction of sp³-hybridized carbons (Fsp3) is 0.500. The van der Waals surface area contributed by atoms with Crippen LogP contribution in [0.1, 0.15) is 19.0 Å². The van der Waals surface area contributed by atoms with Crippen LogP contribution in [0.4, 0.5) is 0 Å². The van der Waals surface area contributed by atoms with E-state index in [-0.39, 0.29) is 29.6 Å². The Balaban J connectivity index is 2.36. The Kier molecular flexibility index (Phi) is 3.85. The fourth-order valence-corrected chi connectivity index (χ4v) is 3.78. The van der Waals surface area contributed by atoms with Crippen LogP contribution in [0.15, 0.2) is 23.2 Å².